The minimum absolute atomic E-state index is 0.691. The van der Waals surface area contributed by atoms with Gasteiger partial charge in [-0.25, -0.2) is 0 Å². The van der Waals surface area contributed by atoms with Gasteiger partial charge in [0, 0.05) is 42.6 Å². The predicted octanol–water partition coefficient (Wildman–Crippen LogP) is 3.94. The SMILES string of the molecule is Cc1ccc2c(c1)[C@H]1CN3CCC(CC3)[C@H]1N2CCc1ccc(C)nc1. The van der Waals surface area contributed by atoms with E-state index in [2.05, 4.69) is 65.2 Å². The van der Waals surface area contributed by atoms with Gasteiger partial charge >= 0.3 is 0 Å². The summed E-state index contributed by atoms with van der Waals surface area (Å²) in [5.74, 6) is 1.54. The number of benzene rings is 1. The fourth-order valence-electron chi connectivity index (χ4n) is 5.50. The quantitative estimate of drug-likeness (QED) is 0.838. The molecule has 6 rings (SSSR count). The van der Waals surface area contributed by atoms with Crippen molar-refractivity contribution in [2.75, 3.05) is 31.1 Å². The Balaban J connectivity index is 1.47. The molecule has 4 aliphatic heterocycles. The Hall–Kier alpha value is -1.87. The normalized spacial score (nSPS) is 29.4. The number of nitrogens with zero attached hydrogens (tertiary/aromatic N) is 3. The summed E-state index contributed by atoms with van der Waals surface area (Å²) in [5.41, 5.74) is 6.97. The number of hydrogen-bond donors (Lipinski definition) is 0. The zero-order chi connectivity index (χ0) is 17.7. The Morgan fingerprint density at radius 2 is 1.92 bits per heavy atom. The van der Waals surface area contributed by atoms with E-state index >= 15 is 0 Å². The van der Waals surface area contributed by atoms with Gasteiger partial charge in [-0.05, 0) is 75.4 Å². The smallest absolute Gasteiger partial charge is 0.0406 e. The standard InChI is InChI=1S/C23H29N3/c1-16-3-6-22-20(13-16)21-15-25-10-8-19(9-11-25)23(21)26(22)12-7-18-5-4-17(2)24-14-18/h3-6,13-14,19,21,23H,7-12,15H2,1-2H3/t21-,23-/m1/s1. The third-order valence-corrected chi connectivity index (χ3v) is 6.85. The highest BCUT2D eigenvalue weighted by Crippen LogP contribution is 2.48. The number of pyridine rings is 1. The van der Waals surface area contributed by atoms with Gasteiger partial charge < -0.3 is 9.80 Å². The van der Waals surface area contributed by atoms with Gasteiger partial charge in [0.25, 0.3) is 0 Å². The minimum Gasteiger partial charge on any atom is -0.367 e. The molecule has 1 aromatic carbocycles. The topological polar surface area (TPSA) is 19.4 Å². The summed E-state index contributed by atoms with van der Waals surface area (Å²) in [6.45, 7) is 9.26. The summed E-state index contributed by atoms with van der Waals surface area (Å²) in [6.07, 6.45) is 5.89. The average Bonchev–Trinajstić information content (AvgIpc) is 2.78. The second-order valence-electron chi connectivity index (χ2n) is 8.55. The first kappa shape index (κ1) is 16.3. The van der Waals surface area contributed by atoms with Crippen molar-refractivity contribution in [2.45, 2.75) is 45.1 Å². The average molecular weight is 348 g/mol. The van der Waals surface area contributed by atoms with Crippen LogP contribution in [0.15, 0.2) is 36.5 Å². The van der Waals surface area contributed by atoms with E-state index in [1.165, 1.54) is 49.3 Å². The molecular weight excluding hydrogens is 318 g/mol. The second kappa shape index (κ2) is 6.38. The van der Waals surface area contributed by atoms with E-state index in [1.54, 1.807) is 5.56 Å². The zero-order valence-electron chi connectivity index (χ0n) is 16.0. The fraction of sp³-hybridized carbons (Fsp3) is 0.522. The Labute approximate surface area is 157 Å². The summed E-state index contributed by atoms with van der Waals surface area (Å²) in [4.78, 5) is 9.96. The number of rotatable bonds is 3. The molecule has 3 fully saturated rings. The van der Waals surface area contributed by atoms with Crippen LogP contribution in [0.5, 0.6) is 0 Å². The van der Waals surface area contributed by atoms with Crippen molar-refractivity contribution in [3.8, 4) is 0 Å². The largest absolute Gasteiger partial charge is 0.367 e. The molecule has 0 aliphatic carbocycles. The Morgan fingerprint density at radius 1 is 1.08 bits per heavy atom. The van der Waals surface area contributed by atoms with Crippen molar-refractivity contribution in [2.24, 2.45) is 5.92 Å². The summed E-state index contributed by atoms with van der Waals surface area (Å²) >= 11 is 0. The lowest BCUT2D eigenvalue weighted by Gasteiger charge is -2.36. The molecule has 3 nitrogen and oxygen atoms in total. The van der Waals surface area contributed by atoms with Crippen LogP contribution in [0, 0.1) is 19.8 Å². The molecule has 0 unspecified atom stereocenters. The Bertz CT molecular complexity index is 790. The maximum absolute atomic E-state index is 4.49. The van der Waals surface area contributed by atoms with Crippen LogP contribution < -0.4 is 4.90 Å². The van der Waals surface area contributed by atoms with E-state index in [0.29, 0.717) is 12.0 Å². The van der Waals surface area contributed by atoms with Crippen LogP contribution in [0.1, 0.15) is 41.1 Å². The molecule has 2 bridgehead atoms. The van der Waals surface area contributed by atoms with Crippen molar-refractivity contribution >= 4 is 5.69 Å². The molecule has 26 heavy (non-hydrogen) atoms. The van der Waals surface area contributed by atoms with E-state index in [1.807, 2.05) is 0 Å². The lowest BCUT2D eigenvalue weighted by Crippen LogP contribution is -2.41. The van der Waals surface area contributed by atoms with Crippen molar-refractivity contribution in [3.63, 3.8) is 0 Å². The molecular formula is C23H29N3. The molecule has 3 heteroatoms. The minimum atomic E-state index is 0.691. The molecule has 4 aliphatic rings. The van der Waals surface area contributed by atoms with Crippen LogP contribution in [0.3, 0.4) is 0 Å². The van der Waals surface area contributed by atoms with Gasteiger partial charge in [0.2, 0.25) is 0 Å². The van der Waals surface area contributed by atoms with Crippen molar-refractivity contribution in [1.82, 2.24) is 9.88 Å². The van der Waals surface area contributed by atoms with E-state index in [9.17, 15) is 0 Å². The Kier molecular flexibility index (Phi) is 4.00. The maximum atomic E-state index is 4.49. The van der Waals surface area contributed by atoms with Gasteiger partial charge in [0.15, 0.2) is 0 Å². The third-order valence-electron chi connectivity index (χ3n) is 6.85. The van der Waals surface area contributed by atoms with E-state index < -0.39 is 0 Å². The monoisotopic (exact) mass is 347 g/mol. The van der Waals surface area contributed by atoms with Crippen molar-refractivity contribution < 1.29 is 0 Å². The highest BCUT2D eigenvalue weighted by atomic mass is 15.2. The van der Waals surface area contributed by atoms with Crippen LogP contribution in [0.25, 0.3) is 0 Å². The molecule has 0 radical (unpaired) electrons. The number of aryl methyl sites for hydroxylation is 2. The van der Waals surface area contributed by atoms with Crippen LogP contribution in [-0.2, 0) is 6.42 Å². The molecule has 0 amide bonds. The first-order valence-corrected chi connectivity index (χ1v) is 10.2. The molecule has 136 valence electrons. The summed E-state index contributed by atoms with van der Waals surface area (Å²) in [6, 6.07) is 12.2. The number of anilines is 1. The lowest BCUT2D eigenvalue weighted by molar-refractivity contribution is 0.218. The number of hydrogen-bond acceptors (Lipinski definition) is 3. The molecule has 0 saturated carbocycles. The van der Waals surface area contributed by atoms with Gasteiger partial charge in [-0.1, -0.05) is 23.8 Å². The third kappa shape index (κ3) is 2.73. The van der Waals surface area contributed by atoms with Gasteiger partial charge in [0.1, 0.15) is 0 Å². The van der Waals surface area contributed by atoms with Gasteiger partial charge in [0.05, 0.1) is 0 Å². The van der Waals surface area contributed by atoms with Gasteiger partial charge in [-0.2, -0.15) is 0 Å². The first-order chi connectivity index (χ1) is 12.7. The van der Waals surface area contributed by atoms with Crippen LogP contribution in [-0.4, -0.2) is 42.1 Å². The molecule has 2 atom stereocenters. The molecule has 1 aromatic heterocycles. The lowest BCUT2D eigenvalue weighted by atomic mass is 9.84. The van der Waals surface area contributed by atoms with Crippen molar-refractivity contribution in [3.05, 3.63) is 58.9 Å². The maximum Gasteiger partial charge on any atom is 0.0406 e. The van der Waals surface area contributed by atoms with Crippen LogP contribution in [0.4, 0.5) is 5.69 Å². The fourth-order valence-corrected chi connectivity index (χ4v) is 5.50. The van der Waals surface area contributed by atoms with Gasteiger partial charge in [-0.15, -0.1) is 0 Å². The van der Waals surface area contributed by atoms with Crippen molar-refractivity contribution in [1.29, 1.82) is 0 Å². The van der Waals surface area contributed by atoms with Crippen LogP contribution in [0.2, 0.25) is 0 Å². The van der Waals surface area contributed by atoms with E-state index in [-0.39, 0.29) is 0 Å². The van der Waals surface area contributed by atoms with E-state index in [0.717, 1.165) is 24.6 Å². The summed E-state index contributed by atoms with van der Waals surface area (Å²) in [7, 11) is 0. The Morgan fingerprint density at radius 3 is 2.69 bits per heavy atom. The molecule has 3 saturated heterocycles. The molecule has 5 heterocycles. The van der Waals surface area contributed by atoms with Gasteiger partial charge in [-0.3, -0.25) is 4.98 Å². The number of piperidine rings is 1. The number of fused-ring (bicyclic) bond motifs is 3. The van der Waals surface area contributed by atoms with Crippen LogP contribution >= 0.6 is 0 Å². The first-order valence-electron chi connectivity index (χ1n) is 10.2. The predicted molar refractivity (Wildman–Crippen MR) is 107 cm³/mol. The molecule has 0 N–H and O–H groups in total. The number of aromatic nitrogens is 1. The molecule has 2 aromatic rings. The summed E-state index contributed by atoms with van der Waals surface area (Å²) in [5, 5.41) is 0. The highest BCUT2D eigenvalue weighted by molar-refractivity contribution is 5.63. The second-order valence-corrected chi connectivity index (χ2v) is 8.55. The highest BCUT2D eigenvalue weighted by Gasteiger charge is 2.46. The van der Waals surface area contributed by atoms with E-state index in [4.69, 9.17) is 0 Å². The zero-order valence-corrected chi connectivity index (χ0v) is 16.0. The molecule has 0 spiro atoms. The summed E-state index contributed by atoms with van der Waals surface area (Å²) < 4.78 is 0.